The maximum absolute atomic E-state index is 13.0. The van der Waals surface area contributed by atoms with Crippen LogP contribution in [0.3, 0.4) is 0 Å². The van der Waals surface area contributed by atoms with Crippen molar-refractivity contribution in [1.82, 2.24) is 10.2 Å². The van der Waals surface area contributed by atoms with Gasteiger partial charge in [0.15, 0.2) is 0 Å². The van der Waals surface area contributed by atoms with Crippen molar-refractivity contribution in [1.29, 1.82) is 0 Å². The maximum atomic E-state index is 13.0. The Kier molecular flexibility index (Phi) is 7.72. The van der Waals surface area contributed by atoms with Crippen molar-refractivity contribution in [2.24, 2.45) is 5.92 Å². The SMILES string of the molecule is O=C1CCC(N2C(=O)c3cccc(OCCOCCOCCCC4CCC4)c3C2=O)C(=O)N1. The van der Waals surface area contributed by atoms with Crippen LogP contribution in [0.1, 0.15) is 65.7 Å². The Morgan fingerprint density at radius 1 is 0.909 bits per heavy atom. The Morgan fingerprint density at radius 2 is 1.67 bits per heavy atom. The monoisotopic (exact) mass is 458 g/mol. The van der Waals surface area contributed by atoms with E-state index in [0.29, 0.717) is 19.8 Å². The highest BCUT2D eigenvalue weighted by atomic mass is 16.5. The van der Waals surface area contributed by atoms with Gasteiger partial charge in [0.1, 0.15) is 18.4 Å². The molecule has 0 bridgehead atoms. The zero-order valence-corrected chi connectivity index (χ0v) is 18.7. The van der Waals surface area contributed by atoms with E-state index in [-0.39, 0.29) is 36.3 Å². The van der Waals surface area contributed by atoms with E-state index < -0.39 is 29.7 Å². The lowest BCUT2D eigenvalue weighted by atomic mass is 9.82. The number of nitrogens with zero attached hydrogens (tertiary/aromatic N) is 1. The van der Waals surface area contributed by atoms with Crippen molar-refractivity contribution < 1.29 is 33.4 Å². The van der Waals surface area contributed by atoms with E-state index in [1.54, 1.807) is 12.1 Å². The van der Waals surface area contributed by atoms with Gasteiger partial charge in [-0.3, -0.25) is 29.4 Å². The van der Waals surface area contributed by atoms with E-state index in [9.17, 15) is 19.2 Å². The smallest absolute Gasteiger partial charge is 0.266 e. The van der Waals surface area contributed by atoms with Gasteiger partial charge in [0.25, 0.3) is 11.8 Å². The molecule has 33 heavy (non-hydrogen) atoms. The number of fused-ring (bicyclic) bond motifs is 1. The summed E-state index contributed by atoms with van der Waals surface area (Å²) in [6.45, 7) is 2.26. The van der Waals surface area contributed by atoms with Crippen molar-refractivity contribution in [2.45, 2.75) is 51.0 Å². The van der Waals surface area contributed by atoms with Gasteiger partial charge in [0.2, 0.25) is 11.8 Å². The average Bonchev–Trinajstić information content (AvgIpc) is 3.02. The largest absolute Gasteiger partial charge is 0.490 e. The molecule has 3 aliphatic rings. The fourth-order valence-corrected chi connectivity index (χ4v) is 4.39. The molecule has 4 rings (SSSR count). The summed E-state index contributed by atoms with van der Waals surface area (Å²) in [5, 5.41) is 2.19. The molecule has 1 unspecified atom stereocenters. The van der Waals surface area contributed by atoms with Crippen LogP contribution in [0, 0.1) is 5.92 Å². The molecule has 2 aliphatic heterocycles. The summed E-state index contributed by atoms with van der Waals surface area (Å²) in [6.07, 6.45) is 6.63. The Hall–Kier alpha value is -2.78. The molecular weight excluding hydrogens is 428 g/mol. The fourth-order valence-electron chi connectivity index (χ4n) is 4.39. The summed E-state index contributed by atoms with van der Waals surface area (Å²) >= 11 is 0. The maximum Gasteiger partial charge on any atom is 0.266 e. The van der Waals surface area contributed by atoms with Gasteiger partial charge in [-0.1, -0.05) is 25.3 Å². The van der Waals surface area contributed by atoms with Crippen LogP contribution in [-0.2, 0) is 19.1 Å². The molecule has 4 amide bonds. The number of piperidine rings is 1. The standard InChI is InChI=1S/C24H30N2O7/c27-20-10-9-18(22(28)25-20)26-23(29)17-7-2-8-19(21(17)24(26)30)33-15-14-32-13-12-31-11-3-6-16-4-1-5-16/h2,7-8,16,18H,1,3-6,9-15H2,(H,25,27,28). The molecule has 0 spiro atoms. The normalized spacial score (nSPS) is 20.6. The Morgan fingerprint density at radius 3 is 2.39 bits per heavy atom. The molecule has 1 aliphatic carbocycles. The first-order valence-electron chi connectivity index (χ1n) is 11.7. The number of imide groups is 2. The number of amides is 4. The quantitative estimate of drug-likeness (QED) is 0.377. The lowest BCUT2D eigenvalue weighted by Crippen LogP contribution is -2.54. The highest BCUT2D eigenvalue weighted by Crippen LogP contribution is 2.33. The summed E-state index contributed by atoms with van der Waals surface area (Å²) < 4.78 is 16.8. The van der Waals surface area contributed by atoms with Gasteiger partial charge in [-0.25, -0.2) is 0 Å². The van der Waals surface area contributed by atoms with Crippen LogP contribution in [0.5, 0.6) is 5.75 Å². The van der Waals surface area contributed by atoms with E-state index in [0.717, 1.165) is 23.8 Å². The van der Waals surface area contributed by atoms with Crippen molar-refractivity contribution in [3.05, 3.63) is 29.3 Å². The number of ether oxygens (including phenoxy) is 3. The highest BCUT2D eigenvalue weighted by Gasteiger charge is 2.45. The third-order valence-electron chi connectivity index (χ3n) is 6.41. The number of benzene rings is 1. The Labute approximate surface area is 192 Å². The molecule has 1 saturated heterocycles. The summed E-state index contributed by atoms with van der Waals surface area (Å²) in [4.78, 5) is 50.3. The molecule has 0 aromatic heterocycles. The van der Waals surface area contributed by atoms with Gasteiger partial charge in [-0.15, -0.1) is 0 Å². The van der Waals surface area contributed by atoms with Crippen LogP contribution in [0.15, 0.2) is 18.2 Å². The summed E-state index contributed by atoms with van der Waals surface area (Å²) in [5.41, 5.74) is 0.334. The Balaban J connectivity index is 1.21. The molecule has 9 nitrogen and oxygen atoms in total. The molecule has 1 aromatic carbocycles. The topological polar surface area (TPSA) is 111 Å². The van der Waals surface area contributed by atoms with Crippen LogP contribution in [-0.4, -0.2) is 67.6 Å². The molecule has 1 atom stereocenters. The summed E-state index contributed by atoms with van der Waals surface area (Å²) in [6, 6.07) is 3.78. The average molecular weight is 459 g/mol. The van der Waals surface area contributed by atoms with Gasteiger partial charge >= 0.3 is 0 Å². The minimum absolute atomic E-state index is 0.0781. The van der Waals surface area contributed by atoms with Crippen LogP contribution in [0.25, 0.3) is 0 Å². The summed E-state index contributed by atoms with van der Waals surface area (Å²) in [7, 11) is 0. The van der Waals surface area contributed by atoms with Crippen molar-refractivity contribution in [2.75, 3.05) is 33.0 Å². The number of nitrogens with one attached hydrogen (secondary N) is 1. The Bertz CT molecular complexity index is 912. The first-order valence-corrected chi connectivity index (χ1v) is 11.7. The lowest BCUT2D eigenvalue weighted by Gasteiger charge is -2.27. The van der Waals surface area contributed by atoms with Gasteiger partial charge in [0.05, 0.1) is 30.9 Å². The molecule has 1 saturated carbocycles. The molecular formula is C24H30N2O7. The number of hydrogen-bond acceptors (Lipinski definition) is 7. The zero-order chi connectivity index (χ0) is 23.2. The third-order valence-corrected chi connectivity index (χ3v) is 6.41. The van der Waals surface area contributed by atoms with Crippen molar-refractivity contribution >= 4 is 23.6 Å². The summed E-state index contributed by atoms with van der Waals surface area (Å²) in [5.74, 6) is -1.01. The predicted octanol–water partition coefficient (Wildman–Crippen LogP) is 2.08. The zero-order valence-electron chi connectivity index (χ0n) is 18.7. The lowest BCUT2D eigenvalue weighted by molar-refractivity contribution is -0.136. The number of carbonyl (C=O) groups excluding carboxylic acids is 4. The fraction of sp³-hybridized carbons (Fsp3) is 0.583. The minimum Gasteiger partial charge on any atom is -0.490 e. The van der Waals surface area contributed by atoms with Crippen LogP contribution in [0.2, 0.25) is 0 Å². The van der Waals surface area contributed by atoms with Gasteiger partial charge in [0, 0.05) is 13.0 Å². The molecule has 1 aromatic rings. The van der Waals surface area contributed by atoms with E-state index in [4.69, 9.17) is 14.2 Å². The number of carbonyl (C=O) groups is 4. The highest BCUT2D eigenvalue weighted by molar-refractivity contribution is 6.24. The minimum atomic E-state index is -1.000. The van der Waals surface area contributed by atoms with Crippen LogP contribution >= 0.6 is 0 Å². The number of hydrogen-bond donors (Lipinski definition) is 1. The van der Waals surface area contributed by atoms with Gasteiger partial charge in [-0.2, -0.15) is 0 Å². The molecule has 2 fully saturated rings. The number of rotatable bonds is 12. The van der Waals surface area contributed by atoms with Gasteiger partial charge in [-0.05, 0) is 37.3 Å². The molecule has 178 valence electrons. The first-order chi connectivity index (χ1) is 16.1. The van der Waals surface area contributed by atoms with E-state index in [1.165, 1.54) is 31.7 Å². The predicted molar refractivity (Wildman–Crippen MR) is 117 cm³/mol. The molecule has 1 N–H and O–H groups in total. The molecule has 0 radical (unpaired) electrons. The van der Waals surface area contributed by atoms with Gasteiger partial charge < -0.3 is 14.2 Å². The van der Waals surface area contributed by atoms with E-state index in [1.807, 2.05) is 0 Å². The van der Waals surface area contributed by atoms with Crippen LogP contribution < -0.4 is 10.1 Å². The van der Waals surface area contributed by atoms with E-state index >= 15 is 0 Å². The second kappa shape index (κ2) is 10.9. The van der Waals surface area contributed by atoms with Crippen molar-refractivity contribution in [3.8, 4) is 5.75 Å². The second-order valence-corrected chi connectivity index (χ2v) is 8.64. The molecule has 2 heterocycles. The third kappa shape index (κ3) is 5.42. The first kappa shape index (κ1) is 23.4. The van der Waals surface area contributed by atoms with E-state index in [2.05, 4.69) is 5.32 Å². The van der Waals surface area contributed by atoms with Crippen LogP contribution in [0.4, 0.5) is 0 Å². The molecule has 9 heteroatoms. The second-order valence-electron chi connectivity index (χ2n) is 8.64. The van der Waals surface area contributed by atoms with Crippen molar-refractivity contribution in [3.63, 3.8) is 0 Å².